The third kappa shape index (κ3) is 5.71. The molecule has 0 radical (unpaired) electrons. The van der Waals surface area contributed by atoms with Crippen LogP contribution in [0.25, 0.3) is 10.9 Å². The minimum atomic E-state index is -4.87. The Hall–Kier alpha value is -3.94. The molecule has 2 aliphatic rings. The van der Waals surface area contributed by atoms with Crippen molar-refractivity contribution in [3.05, 3.63) is 52.4 Å². The molecule has 1 aromatic carbocycles. The SMILES string of the molecule is CC(C)(C)OC(=O)[C@@H]1CC[C@@](CC#N)(n2nc(NC3c4ccccc4S(=O)(=O)N3CC(F)(F)F)c3c(=O)[nH]ccc32)CO1. The number of esters is 1. The molecule has 5 rings (SSSR count). The number of pyridine rings is 1. The first-order chi connectivity index (χ1) is 20.1. The van der Waals surface area contributed by atoms with Gasteiger partial charge in [-0.15, -0.1) is 0 Å². The molecule has 1 fully saturated rings. The fraction of sp³-hybridized carbons (Fsp3) is 0.481. The molecule has 16 heteroatoms. The number of nitriles is 1. The topological polar surface area (TPSA) is 159 Å². The number of anilines is 1. The number of nitrogens with zero attached hydrogens (tertiary/aromatic N) is 4. The summed E-state index contributed by atoms with van der Waals surface area (Å²) in [5, 5.41) is 17.0. The Bertz CT molecular complexity index is 1760. The molecule has 0 amide bonds. The van der Waals surface area contributed by atoms with E-state index in [4.69, 9.17) is 9.47 Å². The van der Waals surface area contributed by atoms with E-state index in [1.807, 2.05) is 0 Å². The van der Waals surface area contributed by atoms with Crippen LogP contribution in [-0.2, 0) is 29.8 Å². The molecular weight excluding hydrogens is 593 g/mol. The van der Waals surface area contributed by atoms with Crippen molar-refractivity contribution in [2.45, 2.75) is 74.5 Å². The van der Waals surface area contributed by atoms with E-state index in [0.29, 0.717) is 0 Å². The van der Waals surface area contributed by atoms with Gasteiger partial charge in [0.1, 0.15) is 23.7 Å². The van der Waals surface area contributed by atoms with Gasteiger partial charge in [0.15, 0.2) is 11.9 Å². The van der Waals surface area contributed by atoms with Crippen LogP contribution >= 0.6 is 0 Å². The zero-order valence-corrected chi connectivity index (χ0v) is 24.3. The van der Waals surface area contributed by atoms with Gasteiger partial charge in [0, 0.05) is 11.8 Å². The maximum atomic E-state index is 13.6. The summed E-state index contributed by atoms with van der Waals surface area (Å²) >= 11 is 0. The van der Waals surface area contributed by atoms with Gasteiger partial charge in [0.2, 0.25) is 10.0 Å². The summed E-state index contributed by atoms with van der Waals surface area (Å²) < 4.78 is 80.0. The third-order valence-corrected chi connectivity index (χ3v) is 9.14. The maximum Gasteiger partial charge on any atom is 0.402 e. The van der Waals surface area contributed by atoms with Gasteiger partial charge in [-0.2, -0.15) is 27.8 Å². The number of sulfonamides is 1. The molecule has 0 saturated carbocycles. The number of hydrogen-bond acceptors (Lipinski definition) is 9. The second kappa shape index (κ2) is 10.6. The highest BCUT2D eigenvalue weighted by Gasteiger charge is 2.49. The van der Waals surface area contributed by atoms with Gasteiger partial charge in [-0.25, -0.2) is 13.2 Å². The van der Waals surface area contributed by atoms with Crippen molar-refractivity contribution in [2.24, 2.45) is 0 Å². The van der Waals surface area contributed by atoms with E-state index in [-0.39, 0.29) is 57.4 Å². The number of alkyl halides is 3. The van der Waals surface area contributed by atoms with Crippen molar-refractivity contribution < 1.29 is 35.9 Å². The predicted molar refractivity (Wildman–Crippen MR) is 146 cm³/mol. The number of aromatic nitrogens is 3. The van der Waals surface area contributed by atoms with Gasteiger partial charge < -0.3 is 19.8 Å². The number of aromatic amines is 1. The molecule has 2 aliphatic heterocycles. The van der Waals surface area contributed by atoms with E-state index in [2.05, 4.69) is 21.5 Å². The van der Waals surface area contributed by atoms with Gasteiger partial charge in [0.25, 0.3) is 5.56 Å². The van der Waals surface area contributed by atoms with Crippen molar-refractivity contribution in [1.82, 2.24) is 19.1 Å². The van der Waals surface area contributed by atoms with Crippen molar-refractivity contribution in [3.63, 3.8) is 0 Å². The zero-order chi connectivity index (χ0) is 31.4. The summed E-state index contributed by atoms with van der Waals surface area (Å²) in [6, 6.07) is 9.10. The summed E-state index contributed by atoms with van der Waals surface area (Å²) in [4.78, 5) is 27.9. The highest BCUT2D eigenvalue weighted by atomic mass is 32.2. The minimum Gasteiger partial charge on any atom is -0.458 e. The van der Waals surface area contributed by atoms with Crippen LogP contribution in [0.2, 0.25) is 0 Å². The van der Waals surface area contributed by atoms with E-state index >= 15 is 0 Å². The molecule has 3 atom stereocenters. The molecule has 0 bridgehead atoms. The molecule has 1 unspecified atom stereocenters. The Kier molecular flexibility index (Phi) is 7.56. The average Bonchev–Trinajstić information content (AvgIpc) is 3.38. The lowest BCUT2D eigenvalue weighted by molar-refractivity contribution is -0.176. The molecular formula is C27H29F3N6O6S. The molecule has 2 N–H and O–H groups in total. The number of nitrogens with one attached hydrogen (secondary N) is 2. The van der Waals surface area contributed by atoms with E-state index < -0.39 is 57.7 Å². The fourth-order valence-electron chi connectivity index (χ4n) is 5.43. The lowest BCUT2D eigenvalue weighted by atomic mass is 9.87. The van der Waals surface area contributed by atoms with Crippen molar-refractivity contribution in [3.8, 4) is 6.07 Å². The first kappa shape index (κ1) is 30.5. The quantitative estimate of drug-likeness (QED) is 0.392. The first-order valence-corrected chi connectivity index (χ1v) is 14.8. The fourth-order valence-corrected chi connectivity index (χ4v) is 7.17. The van der Waals surface area contributed by atoms with E-state index in [9.17, 15) is 36.4 Å². The van der Waals surface area contributed by atoms with Crippen LogP contribution < -0.4 is 10.9 Å². The number of carbonyl (C=O) groups is 1. The van der Waals surface area contributed by atoms with Crippen LogP contribution in [-0.4, -0.2) is 64.5 Å². The third-order valence-electron chi connectivity index (χ3n) is 7.25. The second-order valence-corrected chi connectivity index (χ2v) is 13.4. The van der Waals surface area contributed by atoms with Crippen molar-refractivity contribution in [2.75, 3.05) is 18.5 Å². The van der Waals surface area contributed by atoms with Crippen LogP contribution in [0.1, 0.15) is 51.8 Å². The molecule has 1 saturated heterocycles. The Morgan fingerprint density at radius 3 is 2.63 bits per heavy atom. The highest BCUT2D eigenvalue weighted by molar-refractivity contribution is 7.89. The van der Waals surface area contributed by atoms with Crippen LogP contribution in [0.15, 0.2) is 46.2 Å². The summed E-state index contributed by atoms with van der Waals surface area (Å²) in [6.07, 6.45) is -5.71. The molecule has 230 valence electrons. The zero-order valence-electron chi connectivity index (χ0n) is 23.4. The van der Waals surface area contributed by atoms with E-state index in [1.165, 1.54) is 41.2 Å². The summed E-state index contributed by atoms with van der Waals surface area (Å²) in [5.41, 5.74) is -2.26. The normalized spacial score (nSPS) is 23.9. The summed E-state index contributed by atoms with van der Waals surface area (Å²) in [6.45, 7) is 3.22. The minimum absolute atomic E-state index is 0.0507. The number of fused-ring (bicyclic) bond motifs is 2. The van der Waals surface area contributed by atoms with Crippen LogP contribution in [0.5, 0.6) is 0 Å². The van der Waals surface area contributed by atoms with Crippen LogP contribution in [0.3, 0.4) is 0 Å². The molecule has 3 aromatic rings. The lowest BCUT2D eigenvalue weighted by Crippen LogP contribution is -2.48. The number of benzene rings is 1. The number of ether oxygens (including phenoxy) is 2. The number of halogens is 3. The largest absolute Gasteiger partial charge is 0.458 e. The van der Waals surface area contributed by atoms with Gasteiger partial charge in [-0.3, -0.25) is 9.48 Å². The van der Waals surface area contributed by atoms with Gasteiger partial charge in [-0.05, 0) is 45.7 Å². The van der Waals surface area contributed by atoms with Gasteiger partial charge in [-0.1, -0.05) is 18.2 Å². The standard InChI is InChI=1S/C27H29F3N6O6S/c1-25(2,3)42-24(38)18-8-10-26(11-12-31,15-41-18)36-17-9-13-32-23(37)20(17)21(34-36)33-22-16-6-4-5-7-19(16)43(39,40)35(22)14-27(28,29)30/h4-7,9,13,18,22H,8,10-11,14-15H2,1-3H3,(H,32,37)(H,33,34)/t18-,22?,26-/m0/s1. The lowest BCUT2D eigenvalue weighted by Gasteiger charge is -2.39. The van der Waals surface area contributed by atoms with E-state index in [0.717, 1.165) is 0 Å². The number of H-pyrrole nitrogens is 1. The van der Waals surface area contributed by atoms with Crippen LogP contribution in [0.4, 0.5) is 19.0 Å². The Morgan fingerprint density at radius 2 is 2.00 bits per heavy atom. The summed E-state index contributed by atoms with van der Waals surface area (Å²) in [5.74, 6) is -0.749. The Labute approximate surface area is 244 Å². The van der Waals surface area contributed by atoms with E-state index in [1.54, 1.807) is 20.8 Å². The Morgan fingerprint density at radius 1 is 1.28 bits per heavy atom. The summed E-state index contributed by atoms with van der Waals surface area (Å²) in [7, 11) is -4.55. The molecule has 0 spiro atoms. The molecule has 4 heterocycles. The number of carbonyl (C=O) groups excluding carboxylic acids is 1. The maximum absolute atomic E-state index is 13.6. The second-order valence-electron chi connectivity index (χ2n) is 11.5. The van der Waals surface area contributed by atoms with Gasteiger partial charge in [0.05, 0.1) is 35.0 Å². The average molecular weight is 623 g/mol. The smallest absolute Gasteiger partial charge is 0.402 e. The van der Waals surface area contributed by atoms with Gasteiger partial charge >= 0.3 is 12.1 Å². The Balaban J connectivity index is 1.57. The first-order valence-electron chi connectivity index (χ1n) is 13.3. The van der Waals surface area contributed by atoms with Crippen molar-refractivity contribution >= 4 is 32.7 Å². The molecule has 12 nitrogen and oxygen atoms in total. The van der Waals surface area contributed by atoms with Crippen molar-refractivity contribution in [1.29, 1.82) is 5.26 Å². The molecule has 0 aliphatic carbocycles. The monoisotopic (exact) mass is 622 g/mol. The number of rotatable bonds is 6. The molecule has 43 heavy (non-hydrogen) atoms. The highest BCUT2D eigenvalue weighted by Crippen LogP contribution is 2.43. The molecule has 2 aromatic heterocycles. The number of hydrogen-bond donors (Lipinski definition) is 2. The predicted octanol–water partition coefficient (Wildman–Crippen LogP) is 3.53. The van der Waals surface area contributed by atoms with Crippen LogP contribution in [0, 0.1) is 11.3 Å².